The molecule has 0 amide bonds. The molecule has 0 aliphatic rings. The molecule has 276 valence electrons. The Bertz CT molecular complexity index is 3560. The Hall–Kier alpha value is -7.46. The van der Waals surface area contributed by atoms with Crippen LogP contribution >= 0.6 is 11.3 Å². The Labute approximate surface area is 346 Å². The fraction of sp³-hybridized carbons (Fsp3) is 0. The fourth-order valence-corrected chi connectivity index (χ4v) is 10.5. The molecule has 0 atom stereocenters. The van der Waals surface area contributed by atoms with Crippen LogP contribution < -0.4 is 4.90 Å². The molecule has 10 aromatic carbocycles. The van der Waals surface area contributed by atoms with Gasteiger partial charge in [0, 0.05) is 48.0 Å². The number of hydrogen-bond acceptors (Lipinski definition) is 2. The fourth-order valence-electron chi connectivity index (χ4n) is 9.24. The Morgan fingerprint density at radius 2 is 1.05 bits per heavy atom. The van der Waals surface area contributed by atoms with E-state index >= 15 is 0 Å². The summed E-state index contributed by atoms with van der Waals surface area (Å²) in [5.41, 5.74) is 11.7. The van der Waals surface area contributed by atoms with E-state index in [1.165, 1.54) is 85.8 Å². The quantitative estimate of drug-likeness (QED) is 0.164. The van der Waals surface area contributed by atoms with E-state index in [9.17, 15) is 0 Å². The average molecular weight is 769 g/mol. The van der Waals surface area contributed by atoms with Gasteiger partial charge in [0.1, 0.15) is 0 Å². The normalized spacial score (nSPS) is 11.7. The summed E-state index contributed by atoms with van der Waals surface area (Å²) in [5.74, 6) is 0. The first-order valence-electron chi connectivity index (χ1n) is 20.2. The molecule has 0 fully saturated rings. The van der Waals surface area contributed by atoms with Crippen molar-refractivity contribution in [2.75, 3.05) is 4.90 Å². The van der Waals surface area contributed by atoms with Crippen molar-refractivity contribution in [1.29, 1.82) is 0 Å². The summed E-state index contributed by atoms with van der Waals surface area (Å²) in [6.07, 6.45) is 0. The van der Waals surface area contributed by atoms with Gasteiger partial charge in [0.25, 0.3) is 0 Å². The van der Waals surface area contributed by atoms with Crippen LogP contribution in [0.5, 0.6) is 0 Å². The molecule has 0 unspecified atom stereocenters. The second-order valence-corrected chi connectivity index (χ2v) is 16.4. The van der Waals surface area contributed by atoms with Crippen molar-refractivity contribution in [2.45, 2.75) is 0 Å². The molecular weight excluding hydrogens is 733 g/mol. The van der Waals surface area contributed by atoms with Gasteiger partial charge in [0.05, 0.1) is 16.7 Å². The van der Waals surface area contributed by atoms with Gasteiger partial charge in [-0.25, -0.2) is 0 Å². The van der Waals surface area contributed by atoms with Crippen molar-refractivity contribution in [2.24, 2.45) is 0 Å². The van der Waals surface area contributed by atoms with Gasteiger partial charge in [-0.05, 0) is 111 Å². The number of para-hydroxylation sites is 2. The summed E-state index contributed by atoms with van der Waals surface area (Å²) >= 11 is 1.89. The van der Waals surface area contributed by atoms with E-state index in [1.54, 1.807) is 0 Å². The van der Waals surface area contributed by atoms with Crippen LogP contribution in [0, 0.1) is 0 Å². The zero-order chi connectivity index (χ0) is 38.9. The first kappa shape index (κ1) is 33.7. The van der Waals surface area contributed by atoms with E-state index in [0.717, 1.165) is 22.7 Å². The van der Waals surface area contributed by atoms with Crippen molar-refractivity contribution < 1.29 is 0 Å². The van der Waals surface area contributed by atoms with Crippen LogP contribution in [0.1, 0.15) is 0 Å². The van der Waals surface area contributed by atoms with Gasteiger partial charge in [-0.2, -0.15) is 0 Å². The second-order valence-electron chi connectivity index (χ2n) is 15.3. The topological polar surface area (TPSA) is 8.17 Å². The monoisotopic (exact) mass is 768 g/mol. The molecule has 0 N–H and O–H groups in total. The van der Waals surface area contributed by atoms with Gasteiger partial charge in [0.15, 0.2) is 0 Å². The SMILES string of the molecule is c1ccc(-c2cc(N(c3ccc4c(c3)c3ccccc3n4-c3ccccc3)c3cccc4sc5c6ccccc6ccc5c34)ccc2-c2ccc3ccccc3c2)cc1. The maximum absolute atomic E-state index is 2.49. The molecule has 0 radical (unpaired) electrons. The standard InChI is InChI=1S/C56H36N2S/c1-3-15-38(16-4-1)49-35-43(29-32-45(49)41-27-26-37-14-7-8-18-40(37)34-41)57(53-24-13-25-54-55(53)48-31-28-39-17-9-10-21-46(39)56(48)59-54)44-30-33-52-50(36-44)47-22-11-12-23-51(47)58(52)42-19-5-2-6-20-42/h1-36H. The Balaban J connectivity index is 1.14. The van der Waals surface area contributed by atoms with E-state index in [4.69, 9.17) is 0 Å². The molecule has 0 aliphatic carbocycles. The maximum Gasteiger partial charge on any atom is 0.0554 e. The lowest BCUT2D eigenvalue weighted by Gasteiger charge is -2.28. The Morgan fingerprint density at radius 3 is 1.92 bits per heavy atom. The van der Waals surface area contributed by atoms with E-state index in [2.05, 4.69) is 228 Å². The largest absolute Gasteiger partial charge is 0.310 e. The lowest BCUT2D eigenvalue weighted by Crippen LogP contribution is -2.10. The molecule has 12 aromatic rings. The van der Waals surface area contributed by atoms with Crippen LogP contribution in [0.4, 0.5) is 17.1 Å². The molecule has 0 saturated carbocycles. The van der Waals surface area contributed by atoms with Gasteiger partial charge < -0.3 is 9.47 Å². The van der Waals surface area contributed by atoms with Gasteiger partial charge >= 0.3 is 0 Å². The first-order valence-corrected chi connectivity index (χ1v) is 21.0. The molecule has 0 aliphatic heterocycles. The molecule has 2 heterocycles. The van der Waals surface area contributed by atoms with Crippen LogP contribution in [0.15, 0.2) is 218 Å². The number of thiophene rings is 1. The third kappa shape index (κ3) is 5.47. The summed E-state index contributed by atoms with van der Waals surface area (Å²) in [5, 5.41) is 10.0. The summed E-state index contributed by atoms with van der Waals surface area (Å²) in [7, 11) is 0. The highest BCUT2D eigenvalue weighted by Crippen LogP contribution is 2.49. The van der Waals surface area contributed by atoms with Gasteiger partial charge in [-0.1, -0.05) is 152 Å². The minimum absolute atomic E-state index is 1.10. The summed E-state index contributed by atoms with van der Waals surface area (Å²) < 4.78 is 4.99. The van der Waals surface area contributed by atoms with E-state index < -0.39 is 0 Å². The van der Waals surface area contributed by atoms with E-state index in [1.807, 2.05) is 11.3 Å². The number of hydrogen-bond donors (Lipinski definition) is 0. The highest BCUT2D eigenvalue weighted by atomic mass is 32.1. The van der Waals surface area contributed by atoms with Crippen LogP contribution in [0.25, 0.3) is 91.5 Å². The van der Waals surface area contributed by atoms with Crippen LogP contribution in [0.2, 0.25) is 0 Å². The molecule has 0 saturated heterocycles. The highest BCUT2D eigenvalue weighted by molar-refractivity contribution is 7.26. The number of fused-ring (bicyclic) bond motifs is 9. The van der Waals surface area contributed by atoms with Gasteiger partial charge in [0.2, 0.25) is 0 Å². The van der Waals surface area contributed by atoms with Crippen molar-refractivity contribution in [3.8, 4) is 27.9 Å². The lowest BCUT2D eigenvalue weighted by molar-refractivity contribution is 1.18. The van der Waals surface area contributed by atoms with E-state index in [-0.39, 0.29) is 0 Å². The zero-order valence-electron chi connectivity index (χ0n) is 32.1. The molecule has 0 bridgehead atoms. The zero-order valence-corrected chi connectivity index (χ0v) is 32.9. The van der Waals surface area contributed by atoms with Crippen LogP contribution in [-0.4, -0.2) is 4.57 Å². The molecule has 0 spiro atoms. The minimum Gasteiger partial charge on any atom is -0.310 e. The molecule has 2 nitrogen and oxygen atoms in total. The number of aromatic nitrogens is 1. The number of rotatable bonds is 6. The van der Waals surface area contributed by atoms with Gasteiger partial charge in [-0.15, -0.1) is 11.3 Å². The Morgan fingerprint density at radius 1 is 0.373 bits per heavy atom. The highest BCUT2D eigenvalue weighted by Gasteiger charge is 2.23. The first-order chi connectivity index (χ1) is 29.3. The van der Waals surface area contributed by atoms with E-state index in [0.29, 0.717) is 0 Å². The van der Waals surface area contributed by atoms with Crippen LogP contribution in [0.3, 0.4) is 0 Å². The van der Waals surface area contributed by atoms with Crippen molar-refractivity contribution in [3.05, 3.63) is 218 Å². The summed E-state index contributed by atoms with van der Waals surface area (Å²) in [6, 6.07) is 80.1. The van der Waals surface area contributed by atoms with Crippen molar-refractivity contribution >= 4 is 91.9 Å². The third-order valence-corrected chi connectivity index (χ3v) is 13.1. The molecular formula is C56H36N2S. The molecule has 12 rings (SSSR count). The number of benzene rings is 10. The summed E-state index contributed by atoms with van der Waals surface area (Å²) in [6.45, 7) is 0. The Kier molecular flexibility index (Phi) is 7.75. The van der Waals surface area contributed by atoms with Gasteiger partial charge in [-0.3, -0.25) is 0 Å². The average Bonchev–Trinajstić information content (AvgIpc) is 3.86. The third-order valence-electron chi connectivity index (χ3n) is 11.9. The van der Waals surface area contributed by atoms with Crippen molar-refractivity contribution in [1.82, 2.24) is 4.57 Å². The molecule has 3 heteroatoms. The molecule has 59 heavy (non-hydrogen) atoms. The second kappa shape index (κ2) is 13.6. The molecule has 2 aromatic heterocycles. The minimum atomic E-state index is 1.10. The predicted molar refractivity (Wildman–Crippen MR) is 254 cm³/mol. The van der Waals surface area contributed by atoms with Crippen molar-refractivity contribution in [3.63, 3.8) is 0 Å². The smallest absolute Gasteiger partial charge is 0.0554 e. The maximum atomic E-state index is 2.49. The summed E-state index contributed by atoms with van der Waals surface area (Å²) in [4.78, 5) is 2.49. The van der Waals surface area contributed by atoms with Crippen LogP contribution in [-0.2, 0) is 0 Å². The number of anilines is 3. The predicted octanol–water partition coefficient (Wildman–Crippen LogP) is 16.3. The lowest BCUT2D eigenvalue weighted by atomic mass is 9.92. The number of nitrogens with zero attached hydrogens (tertiary/aromatic N) is 2.